The van der Waals surface area contributed by atoms with Gasteiger partial charge in [0.25, 0.3) is 0 Å². The lowest BCUT2D eigenvalue weighted by Crippen LogP contribution is -2.55. The molecule has 8 heteroatoms. The van der Waals surface area contributed by atoms with Crippen LogP contribution >= 0.6 is 0 Å². The SMILES string of the molecule is COC(=O)c1cc(OCC23CCC(CO)(CC2)CO3)cc(C(F)(F)F)c1. The number of carbonyl (C=O) groups is 1. The summed E-state index contributed by atoms with van der Waals surface area (Å²) in [6, 6.07) is 2.85. The standard InChI is InChI=1S/C18H21F3O5/c1-24-15(23)12-6-13(18(19,20)21)8-14(7-12)25-11-17-4-2-16(9-22,3-5-17)10-26-17/h6-8,22H,2-5,9-11H2,1H3. The van der Waals surface area contributed by atoms with E-state index >= 15 is 0 Å². The van der Waals surface area contributed by atoms with Gasteiger partial charge in [0.1, 0.15) is 18.0 Å². The molecule has 2 aliphatic heterocycles. The summed E-state index contributed by atoms with van der Waals surface area (Å²) in [6.45, 7) is 0.583. The maximum atomic E-state index is 13.1. The number of ether oxygens (including phenoxy) is 3. The van der Waals surface area contributed by atoms with Crippen molar-refractivity contribution in [2.45, 2.75) is 37.5 Å². The highest BCUT2D eigenvalue weighted by molar-refractivity contribution is 5.90. The van der Waals surface area contributed by atoms with E-state index in [2.05, 4.69) is 4.74 Å². The molecule has 144 valence electrons. The fourth-order valence-electron chi connectivity index (χ4n) is 3.52. The molecular formula is C18H21F3O5. The van der Waals surface area contributed by atoms with Crippen LogP contribution in [-0.2, 0) is 15.7 Å². The fraction of sp³-hybridized carbons (Fsp3) is 0.611. The van der Waals surface area contributed by atoms with Crippen molar-refractivity contribution in [2.75, 3.05) is 26.9 Å². The predicted molar refractivity (Wildman–Crippen MR) is 84.9 cm³/mol. The molecule has 1 aromatic carbocycles. The third-order valence-corrected chi connectivity index (χ3v) is 5.40. The number of rotatable bonds is 5. The Labute approximate surface area is 149 Å². The maximum Gasteiger partial charge on any atom is 0.416 e. The van der Waals surface area contributed by atoms with Crippen molar-refractivity contribution in [3.05, 3.63) is 29.3 Å². The predicted octanol–water partition coefficient (Wildman–Crippen LogP) is 3.19. The van der Waals surface area contributed by atoms with Gasteiger partial charge >= 0.3 is 12.1 Å². The highest BCUT2D eigenvalue weighted by Crippen LogP contribution is 2.48. The number of methoxy groups -OCH3 is 1. The van der Waals surface area contributed by atoms with Gasteiger partial charge in [0.15, 0.2) is 0 Å². The third kappa shape index (κ3) is 3.66. The Morgan fingerprint density at radius 3 is 2.42 bits per heavy atom. The Kier molecular flexibility index (Phi) is 4.92. The molecule has 0 unspecified atom stereocenters. The van der Waals surface area contributed by atoms with Gasteiger partial charge in [0.2, 0.25) is 0 Å². The van der Waals surface area contributed by atoms with E-state index in [9.17, 15) is 23.1 Å². The number of esters is 1. The lowest BCUT2D eigenvalue weighted by Gasteiger charge is -2.52. The molecule has 1 aromatic rings. The lowest BCUT2D eigenvalue weighted by atomic mass is 9.67. The number of halogens is 3. The molecule has 2 bridgehead atoms. The first-order valence-corrected chi connectivity index (χ1v) is 8.39. The summed E-state index contributed by atoms with van der Waals surface area (Å²) in [4.78, 5) is 11.7. The van der Waals surface area contributed by atoms with Gasteiger partial charge in [-0.1, -0.05) is 0 Å². The molecule has 0 amide bonds. The molecular weight excluding hydrogens is 353 g/mol. The number of aliphatic hydroxyl groups excluding tert-OH is 1. The van der Waals surface area contributed by atoms with Crippen molar-refractivity contribution < 1.29 is 37.3 Å². The van der Waals surface area contributed by atoms with Gasteiger partial charge in [-0.05, 0) is 43.9 Å². The number of benzene rings is 1. The van der Waals surface area contributed by atoms with Crippen LogP contribution in [0.25, 0.3) is 0 Å². The number of hydrogen-bond donors (Lipinski definition) is 1. The van der Waals surface area contributed by atoms with Crippen LogP contribution in [0.1, 0.15) is 41.6 Å². The summed E-state index contributed by atoms with van der Waals surface area (Å²) in [5.41, 5.74) is -1.95. The monoisotopic (exact) mass is 374 g/mol. The Morgan fingerprint density at radius 2 is 1.92 bits per heavy atom. The summed E-state index contributed by atoms with van der Waals surface area (Å²) < 4.78 is 55.2. The quantitative estimate of drug-likeness (QED) is 0.802. The van der Waals surface area contributed by atoms with Crippen LogP contribution in [0.3, 0.4) is 0 Å². The van der Waals surface area contributed by atoms with Crippen LogP contribution < -0.4 is 4.74 Å². The van der Waals surface area contributed by atoms with E-state index in [1.54, 1.807) is 0 Å². The van der Waals surface area contributed by atoms with E-state index in [1.807, 2.05) is 0 Å². The smallest absolute Gasteiger partial charge is 0.416 e. The first-order valence-electron chi connectivity index (χ1n) is 8.39. The summed E-state index contributed by atoms with van der Waals surface area (Å²) in [6.07, 6.45) is -1.66. The van der Waals surface area contributed by atoms with Crippen molar-refractivity contribution in [3.63, 3.8) is 0 Å². The molecule has 1 aliphatic carbocycles. The molecule has 3 aliphatic rings. The Bertz CT molecular complexity index is 661. The first-order chi connectivity index (χ1) is 12.2. The Balaban J connectivity index is 1.76. The zero-order chi connectivity index (χ0) is 19.0. The molecule has 0 radical (unpaired) electrons. The topological polar surface area (TPSA) is 65.0 Å². The Hall–Kier alpha value is -1.80. The van der Waals surface area contributed by atoms with Gasteiger partial charge in [-0.25, -0.2) is 4.79 Å². The summed E-state index contributed by atoms with van der Waals surface area (Å²) >= 11 is 0. The van der Waals surface area contributed by atoms with Crippen molar-refractivity contribution in [2.24, 2.45) is 5.41 Å². The number of hydrogen-bond acceptors (Lipinski definition) is 5. The van der Waals surface area contributed by atoms with E-state index in [4.69, 9.17) is 9.47 Å². The molecule has 1 saturated carbocycles. The first kappa shape index (κ1) is 19.0. The zero-order valence-corrected chi connectivity index (χ0v) is 14.4. The van der Waals surface area contributed by atoms with E-state index in [-0.39, 0.29) is 29.9 Å². The summed E-state index contributed by atoms with van der Waals surface area (Å²) in [5, 5.41) is 9.51. The zero-order valence-electron chi connectivity index (χ0n) is 14.4. The highest BCUT2D eigenvalue weighted by Gasteiger charge is 2.50. The molecule has 2 saturated heterocycles. The third-order valence-electron chi connectivity index (χ3n) is 5.40. The molecule has 1 N–H and O–H groups in total. The van der Waals surface area contributed by atoms with Gasteiger partial charge in [0, 0.05) is 5.41 Å². The average Bonchev–Trinajstić information content (AvgIpc) is 2.66. The van der Waals surface area contributed by atoms with Gasteiger partial charge in [-0.15, -0.1) is 0 Å². The minimum absolute atomic E-state index is 0.0530. The number of aliphatic hydroxyl groups is 1. The minimum atomic E-state index is -4.60. The second-order valence-corrected chi connectivity index (χ2v) is 7.15. The van der Waals surface area contributed by atoms with Gasteiger partial charge in [-0.3, -0.25) is 0 Å². The van der Waals surface area contributed by atoms with Gasteiger partial charge in [-0.2, -0.15) is 13.2 Å². The van der Waals surface area contributed by atoms with Crippen molar-refractivity contribution in [1.82, 2.24) is 0 Å². The minimum Gasteiger partial charge on any atom is -0.491 e. The van der Waals surface area contributed by atoms with E-state index in [0.717, 1.165) is 32.1 Å². The summed E-state index contributed by atoms with van der Waals surface area (Å²) in [5.74, 6) is -0.916. The fourth-order valence-corrected chi connectivity index (χ4v) is 3.52. The highest BCUT2D eigenvalue weighted by atomic mass is 19.4. The largest absolute Gasteiger partial charge is 0.491 e. The van der Waals surface area contributed by atoms with Gasteiger partial charge < -0.3 is 19.3 Å². The lowest BCUT2D eigenvalue weighted by molar-refractivity contribution is -0.204. The van der Waals surface area contributed by atoms with Crippen molar-refractivity contribution >= 4 is 5.97 Å². The molecule has 2 heterocycles. The van der Waals surface area contributed by atoms with Crippen LogP contribution in [0.2, 0.25) is 0 Å². The Morgan fingerprint density at radius 1 is 1.23 bits per heavy atom. The molecule has 5 nitrogen and oxygen atoms in total. The van der Waals surface area contributed by atoms with Crippen LogP contribution in [0.4, 0.5) is 13.2 Å². The molecule has 26 heavy (non-hydrogen) atoms. The van der Waals surface area contributed by atoms with Crippen molar-refractivity contribution in [1.29, 1.82) is 0 Å². The number of carbonyl (C=O) groups excluding carboxylic acids is 1. The van der Waals surface area contributed by atoms with Crippen LogP contribution in [0, 0.1) is 5.41 Å². The summed E-state index contributed by atoms with van der Waals surface area (Å²) in [7, 11) is 1.10. The van der Waals surface area contributed by atoms with E-state index in [1.165, 1.54) is 6.07 Å². The van der Waals surface area contributed by atoms with Crippen LogP contribution in [0.5, 0.6) is 5.75 Å². The second-order valence-electron chi connectivity index (χ2n) is 7.15. The molecule has 0 atom stereocenters. The van der Waals surface area contributed by atoms with Crippen LogP contribution in [0.15, 0.2) is 18.2 Å². The van der Waals surface area contributed by atoms with Gasteiger partial charge in [0.05, 0.1) is 31.5 Å². The van der Waals surface area contributed by atoms with Crippen LogP contribution in [-0.4, -0.2) is 43.6 Å². The average molecular weight is 374 g/mol. The molecule has 3 fully saturated rings. The van der Waals surface area contributed by atoms with E-state index < -0.39 is 23.3 Å². The molecule has 0 aromatic heterocycles. The number of alkyl halides is 3. The molecule has 0 spiro atoms. The molecule has 4 rings (SSSR count). The van der Waals surface area contributed by atoms with E-state index in [0.29, 0.717) is 19.4 Å². The normalized spacial score (nSPS) is 28.0. The maximum absolute atomic E-state index is 13.1. The number of fused-ring (bicyclic) bond motifs is 3. The second kappa shape index (κ2) is 6.74. The van der Waals surface area contributed by atoms with Crippen molar-refractivity contribution in [3.8, 4) is 5.75 Å².